The summed E-state index contributed by atoms with van der Waals surface area (Å²) in [5.41, 5.74) is 1.65. The summed E-state index contributed by atoms with van der Waals surface area (Å²) in [4.78, 5) is 17.7. The molecule has 1 amide bonds. The molecular formula is C16H21N3O. The number of H-pyrrole nitrogens is 1. The molecule has 0 saturated carbocycles. The van der Waals surface area contributed by atoms with Gasteiger partial charge in [-0.1, -0.05) is 18.2 Å². The van der Waals surface area contributed by atoms with Crippen molar-refractivity contribution in [3.63, 3.8) is 0 Å². The standard InChI is InChI=1S/C16H21N3O/c20-16(17-8-5-11-19-9-3-4-10-19)15-12-13-6-1-2-7-14(13)18-15/h1-2,6-7,12,18H,3-5,8-11H2,(H,17,20). The predicted molar refractivity (Wildman–Crippen MR) is 80.9 cm³/mol. The highest BCUT2D eigenvalue weighted by Crippen LogP contribution is 2.14. The Kier molecular flexibility index (Phi) is 4.02. The molecule has 0 atom stereocenters. The van der Waals surface area contributed by atoms with E-state index in [0.29, 0.717) is 5.69 Å². The summed E-state index contributed by atoms with van der Waals surface area (Å²) in [7, 11) is 0. The molecule has 1 saturated heterocycles. The third kappa shape index (κ3) is 3.02. The SMILES string of the molecule is O=C(NCCCN1CCCC1)c1cc2ccccc2[nH]1. The van der Waals surface area contributed by atoms with E-state index < -0.39 is 0 Å². The van der Waals surface area contributed by atoms with Crippen molar-refractivity contribution in [2.24, 2.45) is 0 Å². The molecular weight excluding hydrogens is 250 g/mol. The van der Waals surface area contributed by atoms with Crippen molar-refractivity contribution in [3.05, 3.63) is 36.0 Å². The van der Waals surface area contributed by atoms with Crippen molar-refractivity contribution in [1.29, 1.82) is 0 Å². The fourth-order valence-corrected chi connectivity index (χ4v) is 2.80. The third-order valence-electron chi connectivity index (χ3n) is 3.91. The number of para-hydroxylation sites is 1. The summed E-state index contributed by atoms with van der Waals surface area (Å²) in [5.74, 6) is -0.0115. The van der Waals surface area contributed by atoms with Crippen LogP contribution in [0.15, 0.2) is 30.3 Å². The van der Waals surface area contributed by atoms with Gasteiger partial charge in [-0.05, 0) is 51.0 Å². The maximum absolute atomic E-state index is 12.1. The number of hydrogen-bond acceptors (Lipinski definition) is 2. The second kappa shape index (κ2) is 6.09. The molecule has 0 aliphatic carbocycles. The quantitative estimate of drug-likeness (QED) is 0.820. The van der Waals surface area contributed by atoms with Crippen LogP contribution in [0.1, 0.15) is 29.8 Å². The number of aromatic nitrogens is 1. The maximum Gasteiger partial charge on any atom is 0.267 e. The molecule has 0 radical (unpaired) electrons. The van der Waals surface area contributed by atoms with Crippen LogP contribution in [0.3, 0.4) is 0 Å². The lowest BCUT2D eigenvalue weighted by Gasteiger charge is -2.14. The highest BCUT2D eigenvalue weighted by atomic mass is 16.1. The molecule has 106 valence electrons. The minimum atomic E-state index is -0.0115. The molecule has 1 aromatic carbocycles. The van der Waals surface area contributed by atoms with E-state index in [2.05, 4.69) is 15.2 Å². The molecule has 0 spiro atoms. The number of amides is 1. The highest BCUT2D eigenvalue weighted by Gasteiger charge is 2.11. The Morgan fingerprint density at radius 2 is 2.05 bits per heavy atom. The normalized spacial score (nSPS) is 15.8. The van der Waals surface area contributed by atoms with Gasteiger partial charge in [-0.15, -0.1) is 0 Å². The molecule has 4 heteroatoms. The molecule has 0 unspecified atom stereocenters. The van der Waals surface area contributed by atoms with Gasteiger partial charge in [-0.2, -0.15) is 0 Å². The van der Waals surface area contributed by atoms with Crippen LogP contribution in [0.5, 0.6) is 0 Å². The molecule has 2 heterocycles. The van der Waals surface area contributed by atoms with Gasteiger partial charge in [0.05, 0.1) is 0 Å². The number of aromatic amines is 1. The lowest BCUT2D eigenvalue weighted by molar-refractivity contribution is 0.0948. The second-order valence-electron chi connectivity index (χ2n) is 5.43. The van der Waals surface area contributed by atoms with E-state index >= 15 is 0 Å². The van der Waals surface area contributed by atoms with Crippen molar-refractivity contribution in [2.45, 2.75) is 19.3 Å². The first-order valence-electron chi connectivity index (χ1n) is 7.41. The van der Waals surface area contributed by atoms with Crippen LogP contribution in [0.2, 0.25) is 0 Å². The molecule has 1 aliphatic rings. The van der Waals surface area contributed by atoms with Gasteiger partial charge in [-0.25, -0.2) is 0 Å². The first-order valence-corrected chi connectivity index (χ1v) is 7.41. The van der Waals surface area contributed by atoms with Crippen LogP contribution >= 0.6 is 0 Å². The van der Waals surface area contributed by atoms with E-state index in [1.165, 1.54) is 25.9 Å². The number of benzene rings is 1. The number of hydrogen-bond donors (Lipinski definition) is 2. The molecule has 20 heavy (non-hydrogen) atoms. The zero-order valence-corrected chi connectivity index (χ0v) is 11.7. The Morgan fingerprint density at radius 3 is 2.85 bits per heavy atom. The van der Waals surface area contributed by atoms with Crippen LogP contribution in [0, 0.1) is 0 Å². The summed E-state index contributed by atoms with van der Waals surface area (Å²) < 4.78 is 0. The van der Waals surface area contributed by atoms with Crippen molar-refractivity contribution < 1.29 is 4.79 Å². The van der Waals surface area contributed by atoms with Crippen LogP contribution in [0.4, 0.5) is 0 Å². The fraction of sp³-hybridized carbons (Fsp3) is 0.438. The van der Waals surface area contributed by atoms with Crippen LogP contribution in [-0.4, -0.2) is 42.0 Å². The number of fused-ring (bicyclic) bond motifs is 1. The molecule has 2 aromatic rings. The topological polar surface area (TPSA) is 48.1 Å². The van der Waals surface area contributed by atoms with Crippen LogP contribution in [-0.2, 0) is 0 Å². The molecule has 2 N–H and O–H groups in total. The number of rotatable bonds is 5. The number of likely N-dealkylation sites (tertiary alicyclic amines) is 1. The Hall–Kier alpha value is -1.81. The maximum atomic E-state index is 12.1. The molecule has 1 aromatic heterocycles. The predicted octanol–water partition coefficient (Wildman–Crippen LogP) is 2.38. The van der Waals surface area contributed by atoms with E-state index in [-0.39, 0.29) is 5.91 Å². The monoisotopic (exact) mass is 271 g/mol. The summed E-state index contributed by atoms with van der Waals surface area (Å²) in [6.45, 7) is 4.27. The summed E-state index contributed by atoms with van der Waals surface area (Å²) in [6, 6.07) is 9.85. The van der Waals surface area contributed by atoms with Gasteiger partial charge in [0.1, 0.15) is 5.69 Å². The van der Waals surface area contributed by atoms with Crippen molar-refractivity contribution in [3.8, 4) is 0 Å². The number of carbonyl (C=O) groups excluding carboxylic acids is 1. The van der Waals surface area contributed by atoms with Gasteiger partial charge in [-0.3, -0.25) is 4.79 Å². The van der Waals surface area contributed by atoms with E-state index in [0.717, 1.165) is 30.4 Å². The van der Waals surface area contributed by atoms with E-state index in [9.17, 15) is 4.79 Å². The molecule has 4 nitrogen and oxygen atoms in total. The third-order valence-corrected chi connectivity index (χ3v) is 3.91. The summed E-state index contributed by atoms with van der Waals surface area (Å²) in [5, 5.41) is 4.07. The van der Waals surface area contributed by atoms with Gasteiger partial charge < -0.3 is 15.2 Å². The van der Waals surface area contributed by atoms with Gasteiger partial charge >= 0.3 is 0 Å². The molecule has 3 rings (SSSR count). The average Bonchev–Trinajstić information content (AvgIpc) is 3.12. The molecule has 1 fully saturated rings. The smallest absolute Gasteiger partial charge is 0.267 e. The molecule has 0 bridgehead atoms. The number of carbonyl (C=O) groups is 1. The Bertz CT molecular complexity index is 551. The minimum absolute atomic E-state index is 0.0115. The van der Waals surface area contributed by atoms with Crippen LogP contribution < -0.4 is 5.32 Å². The Labute approximate surface area is 119 Å². The highest BCUT2D eigenvalue weighted by molar-refractivity contribution is 5.97. The van der Waals surface area contributed by atoms with E-state index in [1.54, 1.807) is 0 Å². The second-order valence-corrected chi connectivity index (χ2v) is 5.43. The van der Waals surface area contributed by atoms with Crippen molar-refractivity contribution in [1.82, 2.24) is 15.2 Å². The van der Waals surface area contributed by atoms with Crippen LogP contribution in [0.25, 0.3) is 10.9 Å². The van der Waals surface area contributed by atoms with E-state index in [4.69, 9.17) is 0 Å². The summed E-state index contributed by atoms with van der Waals surface area (Å²) >= 11 is 0. The summed E-state index contributed by atoms with van der Waals surface area (Å²) in [6.07, 6.45) is 3.66. The average molecular weight is 271 g/mol. The van der Waals surface area contributed by atoms with E-state index in [1.807, 2.05) is 30.3 Å². The lowest BCUT2D eigenvalue weighted by Crippen LogP contribution is -2.28. The minimum Gasteiger partial charge on any atom is -0.351 e. The fourth-order valence-electron chi connectivity index (χ4n) is 2.80. The zero-order chi connectivity index (χ0) is 13.8. The van der Waals surface area contributed by atoms with Gasteiger partial charge in [0, 0.05) is 17.4 Å². The Morgan fingerprint density at radius 1 is 1.25 bits per heavy atom. The lowest BCUT2D eigenvalue weighted by atomic mass is 10.2. The number of nitrogens with zero attached hydrogens (tertiary/aromatic N) is 1. The van der Waals surface area contributed by atoms with Gasteiger partial charge in [0.25, 0.3) is 5.91 Å². The van der Waals surface area contributed by atoms with Gasteiger partial charge in [0.15, 0.2) is 0 Å². The largest absolute Gasteiger partial charge is 0.351 e. The molecule has 1 aliphatic heterocycles. The van der Waals surface area contributed by atoms with Crippen molar-refractivity contribution >= 4 is 16.8 Å². The van der Waals surface area contributed by atoms with Crippen molar-refractivity contribution in [2.75, 3.05) is 26.2 Å². The first kappa shape index (κ1) is 13.2. The Balaban J connectivity index is 1.48. The number of nitrogens with one attached hydrogen (secondary N) is 2. The van der Waals surface area contributed by atoms with Gasteiger partial charge in [0.2, 0.25) is 0 Å². The zero-order valence-electron chi connectivity index (χ0n) is 11.7. The first-order chi connectivity index (χ1) is 9.83.